The number of halogens is 4. The molecule has 0 saturated carbocycles. The summed E-state index contributed by atoms with van der Waals surface area (Å²) >= 11 is 5.84. The molecule has 0 bridgehead atoms. The number of carbonyl (C=O) groups is 1. The van der Waals surface area contributed by atoms with Crippen LogP contribution in [0.15, 0.2) is 58.4 Å². The van der Waals surface area contributed by atoms with E-state index >= 15 is 0 Å². The molecule has 0 aliphatic heterocycles. The van der Waals surface area contributed by atoms with Crippen LogP contribution in [-0.2, 0) is 17.5 Å². The first kappa shape index (κ1) is 15.2. The van der Waals surface area contributed by atoms with Crippen molar-refractivity contribution in [3.8, 4) is 0 Å². The van der Waals surface area contributed by atoms with E-state index in [9.17, 15) is 18.0 Å². The van der Waals surface area contributed by atoms with Gasteiger partial charge in [0.15, 0.2) is 0 Å². The highest BCUT2D eigenvalue weighted by Gasteiger charge is 2.36. The summed E-state index contributed by atoms with van der Waals surface area (Å²) in [5.74, 6) is -0.298. The maximum absolute atomic E-state index is 12.6. The molecular weight excluding hydrogens is 341 g/mol. The Balaban J connectivity index is 1.43. The molecule has 0 spiro atoms. The number of allylic oxidation sites excluding steroid dienone is 6. The minimum Gasteiger partial charge on any atom is -0.346 e. The van der Waals surface area contributed by atoms with Crippen LogP contribution in [0.1, 0.15) is 17.7 Å². The molecule has 122 valence electrons. The first-order chi connectivity index (χ1) is 11.3. The molecule has 1 aromatic heterocycles. The third-order valence-corrected chi connectivity index (χ3v) is 4.50. The molecule has 1 heterocycles. The molecule has 3 aliphatic carbocycles. The summed E-state index contributed by atoms with van der Waals surface area (Å²) in [6.07, 6.45) is 2.87. The normalized spacial score (nSPS) is 17.9. The molecule has 1 amide bonds. The number of nitrogens with zero attached hydrogens (tertiary/aromatic N) is 1. The summed E-state index contributed by atoms with van der Waals surface area (Å²) < 4.78 is 37.8. The van der Waals surface area contributed by atoms with Gasteiger partial charge in [0.05, 0.1) is 22.8 Å². The van der Waals surface area contributed by atoms with Crippen LogP contribution < -0.4 is 5.32 Å². The number of fused-ring (bicyclic) bond motifs is 2. The van der Waals surface area contributed by atoms with Crippen molar-refractivity contribution in [1.82, 2.24) is 10.3 Å². The summed E-state index contributed by atoms with van der Waals surface area (Å²) in [7, 11) is 0. The fraction of sp³-hybridized carbons (Fsp3) is 0.176. The molecular formula is C17H10ClF3N2O. The van der Waals surface area contributed by atoms with Crippen LogP contribution in [0.4, 0.5) is 13.2 Å². The van der Waals surface area contributed by atoms with E-state index in [0.717, 1.165) is 23.6 Å². The Morgan fingerprint density at radius 2 is 2.08 bits per heavy atom. The lowest BCUT2D eigenvalue weighted by Gasteiger charge is -2.11. The summed E-state index contributed by atoms with van der Waals surface area (Å²) in [4.78, 5) is 16.0. The van der Waals surface area contributed by atoms with Crippen LogP contribution in [0.5, 0.6) is 0 Å². The van der Waals surface area contributed by atoms with Crippen molar-refractivity contribution < 1.29 is 18.0 Å². The van der Waals surface area contributed by atoms with Crippen LogP contribution in [-0.4, -0.2) is 10.9 Å². The molecule has 0 aromatic carbocycles. The van der Waals surface area contributed by atoms with E-state index in [1.807, 2.05) is 12.2 Å². The molecule has 24 heavy (non-hydrogen) atoms. The van der Waals surface area contributed by atoms with Gasteiger partial charge in [0.25, 0.3) is 5.91 Å². The third-order valence-electron chi connectivity index (χ3n) is 4.18. The van der Waals surface area contributed by atoms with Gasteiger partial charge in [0, 0.05) is 11.8 Å². The Kier molecular flexibility index (Phi) is 3.22. The van der Waals surface area contributed by atoms with E-state index in [0.29, 0.717) is 11.8 Å². The predicted octanol–water partition coefficient (Wildman–Crippen LogP) is 3.88. The quantitative estimate of drug-likeness (QED) is 0.899. The highest BCUT2D eigenvalue weighted by molar-refractivity contribution is 6.31. The summed E-state index contributed by atoms with van der Waals surface area (Å²) in [6.45, 7) is -0.0388. The van der Waals surface area contributed by atoms with Gasteiger partial charge in [-0.15, -0.1) is 0 Å². The van der Waals surface area contributed by atoms with Gasteiger partial charge in [-0.3, -0.25) is 9.78 Å². The predicted molar refractivity (Wildman–Crippen MR) is 82.0 cm³/mol. The lowest BCUT2D eigenvalue weighted by Crippen LogP contribution is -2.25. The van der Waals surface area contributed by atoms with Crippen LogP contribution in [0, 0.1) is 0 Å². The van der Waals surface area contributed by atoms with E-state index in [-0.39, 0.29) is 23.2 Å². The lowest BCUT2D eigenvalue weighted by atomic mass is 10.0. The number of nitrogens with one attached hydrogen (secondary N) is 1. The SMILES string of the molecule is O=C(NCc1ncc(C(F)(F)F)cc1Cl)C1=CC=C2C1=CC1=C2C1. The average molecular weight is 351 g/mol. The number of carbonyl (C=O) groups excluding carboxylic acids is 1. The van der Waals surface area contributed by atoms with Crippen LogP contribution in [0.25, 0.3) is 0 Å². The molecule has 1 N–H and O–H groups in total. The number of pyridine rings is 1. The van der Waals surface area contributed by atoms with E-state index < -0.39 is 11.7 Å². The van der Waals surface area contributed by atoms with Gasteiger partial charge < -0.3 is 5.32 Å². The number of hydrogen-bond donors (Lipinski definition) is 1. The van der Waals surface area contributed by atoms with Crippen molar-refractivity contribution in [2.45, 2.75) is 19.1 Å². The molecule has 3 nitrogen and oxygen atoms in total. The second-order valence-corrected chi connectivity index (χ2v) is 6.14. The van der Waals surface area contributed by atoms with Crippen molar-refractivity contribution in [2.24, 2.45) is 0 Å². The standard InChI is InChI=1S/C17H10ClF3N2O/c18-14-5-9(17(19,20)21)6-22-15(14)7-23-16(24)11-2-1-10-12-3-8(12)4-13(10)11/h1-2,4-6H,3,7H2,(H,23,24). The summed E-state index contributed by atoms with van der Waals surface area (Å²) in [5, 5.41) is 2.53. The summed E-state index contributed by atoms with van der Waals surface area (Å²) in [6, 6.07) is 0.810. The maximum atomic E-state index is 12.6. The zero-order valence-electron chi connectivity index (χ0n) is 12.2. The van der Waals surface area contributed by atoms with Gasteiger partial charge in [-0.2, -0.15) is 13.2 Å². The van der Waals surface area contributed by atoms with Gasteiger partial charge in [0.2, 0.25) is 0 Å². The molecule has 7 heteroatoms. The van der Waals surface area contributed by atoms with Crippen LogP contribution in [0.3, 0.4) is 0 Å². The topological polar surface area (TPSA) is 42.0 Å². The van der Waals surface area contributed by atoms with Crippen LogP contribution >= 0.6 is 11.6 Å². The van der Waals surface area contributed by atoms with Gasteiger partial charge in [-0.25, -0.2) is 0 Å². The van der Waals surface area contributed by atoms with Crippen LogP contribution in [0.2, 0.25) is 5.02 Å². The van der Waals surface area contributed by atoms with E-state index in [1.54, 1.807) is 6.08 Å². The molecule has 0 fully saturated rings. The second-order valence-electron chi connectivity index (χ2n) is 5.73. The smallest absolute Gasteiger partial charge is 0.346 e. The van der Waals surface area contributed by atoms with Crippen molar-refractivity contribution in [1.29, 1.82) is 0 Å². The highest BCUT2D eigenvalue weighted by Crippen LogP contribution is 2.51. The van der Waals surface area contributed by atoms with Gasteiger partial charge in [-0.05, 0) is 46.9 Å². The van der Waals surface area contributed by atoms with E-state index in [2.05, 4.69) is 10.3 Å². The van der Waals surface area contributed by atoms with Gasteiger partial charge >= 0.3 is 6.18 Å². The van der Waals surface area contributed by atoms with E-state index in [4.69, 9.17) is 11.6 Å². The molecule has 1 aromatic rings. The first-order valence-corrected chi connectivity index (χ1v) is 7.59. The van der Waals surface area contributed by atoms with E-state index in [1.165, 1.54) is 11.1 Å². The van der Waals surface area contributed by atoms with Crippen molar-refractivity contribution in [3.05, 3.63) is 74.6 Å². The fourth-order valence-electron chi connectivity index (χ4n) is 2.85. The molecule has 0 atom stereocenters. The Morgan fingerprint density at radius 3 is 2.79 bits per heavy atom. The average Bonchev–Trinajstić information content (AvgIpc) is 3.00. The minimum atomic E-state index is -4.50. The molecule has 4 rings (SSSR count). The highest BCUT2D eigenvalue weighted by atomic mass is 35.5. The maximum Gasteiger partial charge on any atom is 0.417 e. The lowest BCUT2D eigenvalue weighted by molar-refractivity contribution is -0.137. The fourth-order valence-corrected chi connectivity index (χ4v) is 3.08. The van der Waals surface area contributed by atoms with Gasteiger partial charge in [0.1, 0.15) is 0 Å². The zero-order chi connectivity index (χ0) is 17.1. The number of hydrogen-bond acceptors (Lipinski definition) is 2. The third kappa shape index (κ3) is 2.47. The largest absolute Gasteiger partial charge is 0.417 e. The number of aromatic nitrogens is 1. The minimum absolute atomic E-state index is 0.0388. The Morgan fingerprint density at radius 1 is 1.29 bits per heavy atom. The zero-order valence-corrected chi connectivity index (χ0v) is 12.9. The molecule has 0 saturated heterocycles. The number of alkyl halides is 3. The summed E-state index contributed by atoms with van der Waals surface area (Å²) in [5.41, 5.74) is 4.39. The molecule has 0 unspecified atom stereocenters. The number of amides is 1. The van der Waals surface area contributed by atoms with Crippen molar-refractivity contribution in [2.75, 3.05) is 0 Å². The first-order valence-electron chi connectivity index (χ1n) is 7.21. The van der Waals surface area contributed by atoms with Gasteiger partial charge in [-0.1, -0.05) is 17.7 Å². The Hall–Kier alpha value is -2.34. The Bertz CT molecular complexity index is 907. The van der Waals surface area contributed by atoms with Crippen molar-refractivity contribution >= 4 is 17.5 Å². The number of rotatable bonds is 3. The monoisotopic (exact) mass is 350 g/mol. The molecule has 0 radical (unpaired) electrons. The molecule has 3 aliphatic rings. The van der Waals surface area contributed by atoms with Crippen molar-refractivity contribution in [3.63, 3.8) is 0 Å². The second kappa shape index (κ2) is 5.08. The Labute approximate surface area is 140 Å².